The average Bonchev–Trinajstić information content (AvgIpc) is 3.26. The van der Waals surface area contributed by atoms with Crippen molar-refractivity contribution in [2.75, 3.05) is 0 Å². The van der Waals surface area contributed by atoms with Crippen LogP contribution in [0.1, 0.15) is 74.1 Å². The molecule has 4 heteroatoms. The van der Waals surface area contributed by atoms with Crippen LogP contribution in [0.2, 0.25) is 0 Å². The molecule has 0 saturated heterocycles. The normalized spacial score (nSPS) is 34.6. The molecule has 5 rings (SSSR count). The van der Waals surface area contributed by atoms with Gasteiger partial charge in [0, 0.05) is 17.2 Å². The lowest BCUT2D eigenvalue weighted by atomic mass is 9.56. The highest BCUT2D eigenvalue weighted by atomic mass is 16.5. The van der Waals surface area contributed by atoms with Crippen molar-refractivity contribution >= 4 is 17.6 Å². The van der Waals surface area contributed by atoms with Gasteiger partial charge >= 0.3 is 5.97 Å². The molecule has 4 unspecified atom stereocenters. The predicted molar refractivity (Wildman–Crippen MR) is 113 cm³/mol. The van der Waals surface area contributed by atoms with Crippen LogP contribution in [0.25, 0.3) is 11.6 Å². The number of carboxylic acids is 1. The van der Waals surface area contributed by atoms with Crippen molar-refractivity contribution < 1.29 is 14.6 Å². The molecule has 29 heavy (non-hydrogen) atoms. The first-order chi connectivity index (χ1) is 13.7. The molecule has 4 atom stereocenters. The number of aromatic nitrogens is 1. The Hall–Kier alpha value is -2.62. The number of aromatic carboxylic acids is 1. The van der Waals surface area contributed by atoms with Gasteiger partial charge in [-0.05, 0) is 85.9 Å². The topological polar surface area (TPSA) is 59.4 Å². The van der Waals surface area contributed by atoms with E-state index in [0.29, 0.717) is 5.92 Å². The molecular weight excluding hydrogens is 362 g/mol. The van der Waals surface area contributed by atoms with E-state index in [4.69, 9.17) is 9.84 Å². The minimum atomic E-state index is -0.959. The van der Waals surface area contributed by atoms with E-state index in [1.807, 2.05) is 6.08 Å². The van der Waals surface area contributed by atoms with Crippen LogP contribution in [-0.4, -0.2) is 21.7 Å². The van der Waals surface area contributed by atoms with Crippen LogP contribution in [0.3, 0.4) is 0 Å². The zero-order valence-corrected chi connectivity index (χ0v) is 17.5. The van der Waals surface area contributed by atoms with Crippen molar-refractivity contribution in [1.82, 2.24) is 4.98 Å². The van der Waals surface area contributed by atoms with Crippen molar-refractivity contribution in [3.8, 4) is 5.75 Å². The molecule has 1 aliphatic heterocycles. The zero-order chi connectivity index (χ0) is 20.6. The first-order valence-corrected chi connectivity index (χ1v) is 10.4. The van der Waals surface area contributed by atoms with Crippen LogP contribution in [0, 0.1) is 11.3 Å². The summed E-state index contributed by atoms with van der Waals surface area (Å²) in [4.78, 5) is 15.3. The molecule has 2 aliphatic carbocycles. The second-order valence-corrected chi connectivity index (χ2v) is 9.65. The molecule has 0 radical (unpaired) electrons. The number of ether oxygens (including phenoxy) is 1. The molecule has 2 heterocycles. The minimum Gasteiger partial charge on any atom is -0.486 e. The van der Waals surface area contributed by atoms with Crippen LogP contribution >= 0.6 is 0 Å². The molecule has 1 aromatic heterocycles. The fourth-order valence-electron chi connectivity index (χ4n) is 6.36. The molecule has 2 aromatic rings. The predicted octanol–water partition coefficient (Wildman–Crippen LogP) is 5.57. The monoisotopic (exact) mass is 389 g/mol. The largest absolute Gasteiger partial charge is 0.486 e. The summed E-state index contributed by atoms with van der Waals surface area (Å²) in [5.41, 5.74) is 4.75. The van der Waals surface area contributed by atoms with E-state index < -0.39 is 5.97 Å². The Morgan fingerprint density at radius 1 is 1.21 bits per heavy atom. The summed E-state index contributed by atoms with van der Waals surface area (Å²) in [6.07, 6.45) is 7.19. The van der Waals surface area contributed by atoms with Crippen molar-refractivity contribution in [1.29, 1.82) is 0 Å². The smallest absolute Gasteiger partial charge is 0.337 e. The van der Waals surface area contributed by atoms with E-state index in [1.165, 1.54) is 31.0 Å². The molecule has 2 fully saturated rings. The van der Waals surface area contributed by atoms with Crippen LogP contribution in [-0.2, 0) is 5.41 Å². The van der Waals surface area contributed by atoms with Gasteiger partial charge in [0.05, 0.1) is 11.3 Å². The fraction of sp³-hybridized carbons (Fsp3) is 0.440. The Balaban J connectivity index is 1.53. The first-order valence-electron chi connectivity index (χ1n) is 10.4. The average molecular weight is 389 g/mol. The summed E-state index contributed by atoms with van der Waals surface area (Å²) in [6.45, 7) is 9.25. The van der Waals surface area contributed by atoms with Gasteiger partial charge in [0.25, 0.3) is 0 Å². The van der Waals surface area contributed by atoms with Crippen molar-refractivity contribution in [2.24, 2.45) is 11.3 Å². The number of carboxylic acid groups (broad SMARTS) is 1. The third-order valence-corrected chi connectivity index (χ3v) is 8.41. The molecule has 2 saturated carbocycles. The molecule has 1 aromatic carbocycles. The van der Waals surface area contributed by atoms with Gasteiger partial charge < -0.3 is 9.84 Å². The second kappa shape index (κ2) is 5.71. The number of hydrogen-bond acceptors (Lipinski definition) is 3. The molecule has 0 spiro atoms. The summed E-state index contributed by atoms with van der Waals surface area (Å²) in [5, 5.41) is 9.04. The van der Waals surface area contributed by atoms with Gasteiger partial charge in [-0.25, -0.2) is 4.79 Å². The summed E-state index contributed by atoms with van der Waals surface area (Å²) < 4.78 is 6.62. The number of nitrogens with zero attached hydrogens (tertiary/aromatic N) is 1. The Morgan fingerprint density at radius 3 is 2.66 bits per heavy atom. The lowest BCUT2D eigenvalue weighted by Gasteiger charge is -2.48. The Morgan fingerprint density at radius 2 is 1.97 bits per heavy atom. The standard InChI is InChI=1S/C25H27NO3/c1-15(11-19-7-5-17(14-26-19)22(27)28)16-6-8-21-20(12-16)24(3)23(2)10-9-18(13-23)25(24,4)29-21/h5-8,11-12,14,18H,9-10,13H2,1-4H3,(H,27,28)/b15-11+. The number of fused-ring (bicyclic) bond motifs is 7. The molecule has 4 nitrogen and oxygen atoms in total. The van der Waals surface area contributed by atoms with Gasteiger partial charge in [-0.2, -0.15) is 0 Å². The van der Waals surface area contributed by atoms with E-state index in [2.05, 4.69) is 50.9 Å². The highest BCUT2D eigenvalue weighted by Gasteiger charge is 2.73. The maximum absolute atomic E-state index is 11.0. The number of hydrogen-bond donors (Lipinski definition) is 1. The van der Waals surface area contributed by atoms with Gasteiger partial charge in [0.1, 0.15) is 11.4 Å². The first kappa shape index (κ1) is 18.4. The van der Waals surface area contributed by atoms with Gasteiger partial charge in [0.15, 0.2) is 0 Å². The molecule has 2 bridgehead atoms. The Bertz CT molecular complexity index is 1060. The lowest BCUT2D eigenvalue weighted by molar-refractivity contribution is -0.0260. The maximum Gasteiger partial charge on any atom is 0.337 e. The highest BCUT2D eigenvalue weighted by Crippen LogP contribution is 2.73. The summed E-state index contributed by atoms with van der Waals surface area (Å²) in [7, 11) is 0. The minimum absolute atomic E-state index is 0.0237. The van der Waals surface area contributed by atoms with Crippen LogP contribution in [0.15, 0.2) is 36.5 Å². The van der Waals surface area contributed by atoms with E-state index in [0.717, 1.165) is 22.6 Å². The number of carbonyl (C=O) groups is 1. The number of rotatable bonds is 3. The van der Waals surface area contributed by atoms with E-state index in [1.54, 1.807) is 12.1 Å². The van der Waals surface area contributed by atoms with Gasteiger partial charge in [-0.15, -0.1) is 0 Å². The zero-order valence-electron chi connectivity index (χ0n) is 17.5. The fourth-order valence-corrected chi connectivity index (χ4v) is 6.36. The molecule has 1 N–H and O–H groups in total. The number of allylic oxidation sites excluding steroid dienone is 1. The van der Waals surface area contributed by atoms with Crippen molar-refractivity contribution in [2.45, 2.75) is 58.0 Å². The van der Waals surface area contributed by atoms with Crippen LogP contribution < -0.4 is 4.74 Å². The summed E-state index contributed by atoms with van der Waals surface area (Å²) in [6, 6.07) is 9.89. The third kappa shape index (κ3) is 2.26. The summed E-state index contributed by atoms with van der Waals surface area (Å²) in [5.74, 6) is 0.703. The second-order valence-electron chi connectivity index (χ2n) is 9.65. The van der Waals surface area contributed by atoms with Gasteiger partial charge in [-0.1, -0.05) is 19.9 Å². The quantitative estimate of drug-likeness (QED) is 0.746. The maximum atomic E-state index is 11.0. The highest BCUT2D eigenvalue weighted by molar-refractivity contribution is 5.87. The molecular formula is C25H27NO3. The van der Waals surface area contributed by atoms with Crippen molar-refractivity contribution in [3.63, 3.8) is 0 Å². The molecule has 150 valence electrons. The van der Waals surface area contributed by atoms with Crippen molar-refractivity contribution in [3.05, 3.63) is 58.9 Å². The van der Waals surface area contributed by atoms with E-state index in [-0.39, 0.29) is 22.0 Å². The van der Waals surface area contributed by atoms with E-state index in [9.17, 15) is 4.79 Å². The number of pyridine rings is 1. The SMILES string of the molecule is C/C(=C\c1ccc(C(=O)O)cn1)c1ccc2c(c1)C1(C)C3(C)CCC(C3)C1(C)O2. The number of benzene rings is 1. The van der Waals surface area contributed by atoms with Crippen LogP contribution in [0.4, 0.5) is 0 Å². The molecule has 3 aliphatic rings. The Kier molecular flexibility index (Phi) is 3.63. The summed E-state index contributed by atoms with van der Waals surface area (Å²) >= 11 is 0. The Labute approximate surface area is 171 Å². The van der Waals surface area contributed by atoms with Gasteiger partial charge in [0.2, 0.25) is 0 Å². The molecule has 0 amide bonds. The van der Waals surface area contributed by atoms with Crippen LogP contribution in [0.5, 0.6) is 5.75 Å². The third-order valence-electron chi connectivity index (χ3n) is 8.41. The van der Waals surface area contributed by atoms with E-state index >= 15 is 0 Å². The lowest BCUT2D eigenvalue weighted by Crippen LogP contribution is -2.54. The van der Waals surface area contributed by atoms with Gasteiger partial charge in [-0.3, -0.25) is 4.98 Å².